The van der Waals surface area contributed by atoms with Gasteiger partial charge in [0.05, 0.1) is 6.61 Å². The molecule has 7 heteroatoms. The molecule has 2 aromatic carbocycles. The zero-order chi connectivity index (χ0) is 25.4. The van der Waals surface area contributed by atoms with Gasteiger partial charge >= 0.3 is 6.09 Å². The summed E-state index contributed by atoms with van der Waals surface area (Å²) in [5.74, 6) is -0.125. The molecular weight excluding hydrogens is 442 g/mol. The Morgan fingerprint density at radius 2 is 1.63 bits per heavy atom. The van der Waals surface area contributed by atoms with Crippen LogP contribution in [0.4, 0.5) is 4.79 Å². The largest absolute Gasteiger partial charge is 0.444 e. The number of piperazine rings is 1. The average molecular weight is 482 g/mol. The summed E-state index contributed by atoms with van der Waals surface area (Å²) >= 11 is 0. The Bertz CT molecular complexity index is 946. The predicted molar refractivity (Wildman–Crippen MR) is 137 cm³/mol. The van der Waals surface area contributed by atoms with E-state index in [1.807, 2.05) is 41.3 Å². The molecule has 0 spiro atoms. The first-order valence-corrected chi connectivity index (χ1v) is 12.4. The van der Waals surface area contributed by atoms with Crippen LogP contribution in [0.1, 0.15) is 38.8 Å². The Labute approximate surface area is 209 Å². The number of hydrogen-bond acceptors (Lipinski definition) is 5. The Morgan fingerprint density at radius 1 is 1.03 bits per heavy atom. The summed E-state index contributed by atoms with van der Waals surface area (Å²) in [5.41, 5.74) is 1.69. The van der Waals surface area contributed by atoms with Crippen molar-refractivity contribution in [1.82, 2.24) is 15.1 Å². The van der Waals surface area contributed by atoms with Crippen molar-refractivity contribution in [3.63, 3.8) is 0 Å². The van der Waals surface area contributed by atoms with Crippen molar-refractivity contribution in [2.45, 2.75) is 64.3 Å². The first kappa shape index (κ1) is 26.7. The van der Waals surface area contributed by atoms with Gasteiger partial charge in [-0.15, -0.1) is 0 Å². The van der Waals surface area contributed by atoms with Crippen LogP contribution in [-0.4, -0.2) is 76.9 Å². The molecule has 0 unspecified atom stereocenters. The van der Waals surface area contributed by atoms with Gasteiger partial charge in [0.15, 0.2) is 0 Å². The normalized spacial score (nSPS) is 18.5. The van der Waals surface area contributed by atoms with Gasteiger partial charge in [-0.2, -0.15) is 0 Å². The Kier molecular flexibility index (Phi) is 9.29. The van der Waals surface area contributed by atoms with Gasteiger partial charge in [0.25, 0.3) is 0 Å². The molecule has 1 heterocycles. The lowest BCUT2D eigenvalue weighted by Gasteiger charge is -2.45. The van der Waals surface area contributed by atoms with Crippen LogP contribution in [-0.2, 0) is 22.4 Å². The lowest BCUT2D eigenvalue weighted by atomic mass is 9.98. The number of nitrogens with zero attached hydrogens (tertiary/aromatic N) is 2. The molecule has 35 heavy (non-hydrogen) atoms. The molecule has 1 saturated heterocycles. The number of alkyl carbamates (subject to hydrolysis) is 1. The standard InChI is InChI=1S/C28H39N3O4/c1-21(29-27(34)35-28(2,3)4)26(33)31-16-15-30(19-24(31)17-22-11-7-5-8-12-22)25(20-32)18-23-13-9-6-10-14-23/h5-14,21,24-25,32H,15-20H2,1-4H3,(H,29,34)/t21-,24+,25+/m1/s1. The van der Waals surface area contributed by atoms with Gasteiger partial charge in [0, 0.05) is 31.7 Å². The van der Waals surface area contributed by atoms with Gasteiger partial charge in [-0.25, -0.2) is 4.79 Å². The summed E-state index contributed by atoms with van der Waals surface area (Å²) in [7, 11) is 0. The second-order valence-corrected chi connectivity index (χ2v) is 10.3. The average Bonchev–Trinajstić information content (AvgIpc) is 2.82. The molecule has 0 bridgehead atoms. The van der Waals surface area contributed by atoms with Crippen LogP contribution in [0.3, 0.4) is 0 Å². The van der Waals surface area contributed by atoms with E-state index in [2.05, 4.69) is 34.5 Å². The molecule has 2 N–H and O–H groups in total. The van der Waals surface area contributed by atoms with Crippen LogP contribution in [0, 0.1) is 0 Å². The van der Waals surface area contributed by atoms with Crippen molar-refractivity contribution >= 4 is 12.0 Å². The predicted octanol–water partition coefficient (Wildman–Crippen LogP) is 3.26. The van der Waals surface area contributed by atoms with Gasteiger partial charge < -0.3 is 20.1 Å². The molecule has 190 valence electrons. The van der Waals surface area contributed by atoms with E-state index in [4.69, 9.17) is 4.74 Å². The fourth-order valence-electron chi connectivity index (χ4n) is 4.55. The smallest absolute Gasteiger partial charge is 0.408 e. The highest BCUT2D eigenvalue weighted by Crippen LogP contribution is 2.20. The molecular formula is C28H39N3O4. The molecule has 3 rings (SSSR count). The number of carbonyl (C=O) groups excluding carboxylic acids is 2. The lowest BCUT2D eigenvalue weighted by Crippen LogP contribution is -2.62. The maximum absolute atomic E-state index is 13.4. The summed E-state index contributed by atoms with van der Waals surface area (Å²) in [6, 6.07) is 19.5. The maximum atomic E-state index is 13.4. The monoisotopic (exact) mass is 481 g/mol. The number of carbonyl (C=O) groups is 2. The van der Waals surface area contributed by atoms with Gasteiger partial charge in [0.2, 0.25) is 5.91 Å². The highest BCUT2D eigenvalue weighted by molar-refractivity contribution is 5.85. The highest BCUT2D eigenvalue weighted by Gasteiger charge is 2.35. The number of aliphatic hydroxyl groups is 1. The molecule has 0 saturated carbocycles. The maximum Gasteiger partial charge on any atom is 0.408 e. The van der Waals surface area contributed by atoms with Crippen LogP contribution >= 0.6 is 0 Å². The quantitative estimate of drug-likeness (QED) is 0.605. The van der Waals surface area contributed by atoms with Gasteiger partial charge in [-0.05, 0) is 51.7 Å². The molecule has 0 aromatic heterocycles. The molecule has 7 nitrogen and oxygen atoms in total. The molecule has 3 atom stereocenters. The summed E-state index contributed by atoms with van der Waals surface area (Å²) < 4.78 is 5.33. The van der Waals surface area contributed by atoms with E-state index < -0.39 is 17.7 Å². The van der Waals surface area contributed by atoms with E-state index in [9.17, 15) is 14.7 Å². The number of hydrogen-bond donors (Lipinski definition) is 2. The first-order chi connectivity index (χ1) is 16.7. The van der Waals surface area contributed by atoms with E-state index in [1.54, 1.807) is 27.7 Å². The molecule has 2 amide bonds. The number of rotatable bonds is 8. The number of aliphatic hydroxyl groups excluding tert-OH is 1. The molecule has 2 aromatic rings. The van der Waals surface area contributed by atoms with Crippen molar-refractivity contribution in [3.8, 4) is 0 Å². The number of amides is 2. The van der Waals surface area contributed by atoms with Crippen molar-refractivity contribution in [2.24, 2.45) is 0 Å². The van der Waals surface area contributed by atoms with Crippen molar-refractivity contribution in [2.75, 3.05) is 26.2 Å². The summed E-state index contributed by atoms with van der Waals surface area (Å²) in [5, 5.41) is 12.9. The minimum Gasteiger partial charge on any atom is -0.444 e. The molecule has 1 fully saturated rings. The highest BCUT2D eigenvalue weighted by atomic mass is 16.6. The number of benzene rings is 2. The van der Waals surface area contributed by atoms with Crippen molar-refractivity contribution in [3.05, 3.63) is 71.8 Å². The van der Waals surface area contributed by atoms with E-state index >= 15 is 0 Å². The van der Waals surface area contributed by atoms with Gasteiger partial charge in [-0.3, -0.25) is 9.69 Å². The summed E-state index contributed by atoms with van der Waals surface area (Å²) in [6.07, 6.45) is 0.853. The Hall–Kier alpha value is -2.90. The second kappa shape index (κ2) is 12.2. The van der Waals surface area contributed by atoms with Crippen molar-refractivity contribution < 1.29 is 19.4 Å². The van der Waals surface area contributed by atoms with Crippen LogP contribution in [0.2, 0.25) is 0 Å². The molecule has 0 radical (unpaired) electrons. The first-order valence-electron chi connectivity index (χ1n) is 12.4. The summed E-state index contributed by atoms with van der Waals surface area (Å²) in [4.78, 5) is 29.8. The topological polar surface area (TPSA) is 82.1 Å². The SMILES string of the molecule is C[C@@H](NC(=O)OC(C)(C)C)C(=O)N1CCN([C@H](CO)Cc2ccccc2)C[C@@H]1Cc1ccccc1. The van der Waals surface area contributed by atoms with Crippen LogP contribution in [0.25, 0.3) is 0 Å². The third kappa shape index (κ3) is 8.08. The zero-order valence-corrected chi connectivity index (χ0v) is 21.3. The lowest BCUT2D eigenvalue weighted by molar-refractivity contribution is -0.138. The second-order valence-electron chi connectivity index (χ2n) is 10.3. The fourth-order valence-corrected chi connectivity index (χ4v) is 4.55. The van der Waals surface area contributed by atoms with E-state index in [0.717, 1.165) is 12.0 Å². The Balaban J connectivity index is 1.73. The summed E-state index contributed by atoms with van der Waals surface area (Å²) in [6.45, 7) is 8.97. The number of nitrogens with one attached hydrogen (secondary N) is 1. The van der Waals surface area contributed by atoms with Crippen LogP contribution < -0.4 is 5.32 Å². The number of ether oxygens (including phenoxy) is 1. The minimum atomic E-state index is -0.701. The van der Waals surface area contributed by atoms with E-state index in [0.29, 0.717) is 26.1 Å². The van der Waals surface area contributed by atoms with Crippen LogP contribution in [0.15, 0.2) is 60.7 Å². The molecule has 1 aliphatic rings. The van der Waals surface area contributed by atoms with E-state index in [-0.39, 0.29) is 24.6 Å². The fraction of sp³-hybridized carbons (Fsp3) is 0.500. The molecule has 0 aliphatic carbocycles. The van der Waals surface area contributed by atoms with Gasteiger partial charge in [0.1, 0.15) is 11.6 Å². The third-order valence-corrected chi connectivity index (χ3v) is 6.26. The minimum absolute atomic E-state index is 0.0229. The van der Waals surface area contributed by atoms with E-state index in [1.165, 1.54) is 5.56 Å². The zero-order valence-electron chi connectivity index (χ0n) is 21.3. The van der Waals surface area contributed by atoms with Gasteiger partial charge in [-0.1, -0.05) is 60.7 Å². The Morgan fingerprint density at radius 3 is 2.20 bits per heavy atom. The third-order valence-electron chi connectivity index (χ3n) is 6.26. The van der Waals surface area contributed by atoms with Crippen LogP contribution in [0.5, 0.6) is 0 Å². The molecule has 1 aliphatic heterocycles. The van der Waals surface area contributed by atoms with Crippen molar-refractivity contribution in [1.29, 1.82) is 0 Å².